The summed E-state index contributed by atoms with van der Waals surface area (Å²) in [5, 5.41) is 8.01. The van der Waals surface area contributed by atoms with Gasteiger partial charge < -0.3 is 15.6 Å². The molecule has 3 N–H and O–H groups in total. The third kappa shape index (κ3) is 1.99. The Hall–Kier alpha value is -3.68. The molecule has 1 aliphatic carbocycles. The fraction of sp³-hybridized carbons (Fsp3) is 0.200. The van der Waals surface area contributed by atoms with Crippen LogP contribution in [-0.4, -0.2) is 25.6 Å². The molecule has 1 fully saturated rings. The number of aromatic nitrogens is 4. The van der Waals surface area contributed by atoms with E-state index in [4.69, 9.17) is 10.3 Å². The molecule has 0 radical (unpaired) electrons. The van der Waals surface area contributed by atoms with Gasteiger partial charge in [-0.15, -0.1) is 0 Å². The normalized spacial score (nSPS) is 15.8. The Kier molecular flexibility index (Phi) is 2.98. The van der Waals surface area contributed by atoms with Gasteiger partial charge in [-0.25, -0.2) is 9.97 Å². The number of nitrogens with two attached hydrogens (primary N) is 1. The van der Waals surface area contributed by atoms with Crippen LogP contribution in [0.15, 0.2) is 41.2 Å². The van der Waals surface area contributed by atoms with Crippen molar-refractivity contribution in [3.05, 3.63) is 53.7 Å². The Bertz CT molecular complexity index is 1250. The van der Waals surface area contributed by atoms with Crippen molar-refractivity contribution in [1.29, 1.82) is 0 Å². The summed E-state index contributed by atoms with van der Waals surface area (Å²) in [4.78, 5) is 21.6. The zero-order valence-corrected chi connectivity index (χ0v) is 14.8. The van der Waals surface area contributed by atoms with Crippen molar-refractivity contribution in [3.63, 3.8) is 0 Å². The fourth-order valence-corrected chi connectivity index (χ4v) is 4.03. The lowest BCUT2D eigenvalue weighted by molar-refractivity contribution is 0.0950. The number of nitrogens with zero attached hydrogens (tertiary/aromatic N) is 4. The number of para-hydroxylation sites is 1. The molecule has 2 aliphatic rings. The predicted molar refractivity (Wildman–Crippen MR) is 102 cm³/mol. The summed E-state index contributed by atoms with van der Waals surface area (Å²) < 4.78 is 7.63. The van der Waals surface area contributed by atoms with Gasteiger partial charge in [0.1, 0.15) is 23.4 Å². The molecular formula is C20H16N6O2. The molecule has 4 aromatic rings. The molecule has 0 bridgehead atoms. The first-order valence-corrected chi connectivity index (χ1v) is 9.21. The van der Waals surface area contributed by atoms with Crippen molar-refractivity contribution >= 4 is 22.8 Å². The summed E-state index contributed by atoms with van der Waals surface area (Å²) in [6.45, 7) is 0.333. The predicted octanol–water partition coefficient (Wildman–Crippen LogP) is 2.78. The number of carbonyl (C=O) groups excluding carboxylic acids is 1. The SMILES string of the molecule is Nc1ncnc2c1c1c(n2-c2ccccc2)CNC(=O)c2c-1noc2C1CC1. The maximum atomic E-state index is 12.9. The van der Waals surface area contributed by atoms with Crippen molar-refractivity contribution in [1.82, 2.24) is 25.0 Å². The number of anilines is 1. The van der Waals surface area contributed by atoms with Crippen LogP contribution in [0.1, 0.15) is 40.6 Å². The fourth-order valence-electron chi connectivity index (χ4n) is 4.03. The molecule has 138 valence electrons. The highest BCUT2D eigenvalue weighted by Gasteiger charge is 2.39. The minimum absolute atomic E-state index is 0.169. The second-order valence-corrected chi connectivity index (χ2v) is 7.18. The van der Waals surface area contributed by atoms with E-state index in [2.05, 4.69) is 20.4 Å². The lowest BCUT2D eigenvalue weighted by Crippen LogP contribution is -2.23. The number of carbonyl (C=O) groups is 1. The van der Waals surface area contributed by atoms with E-state index in [-0.39, 0.29) is 11.8 Å². The number of hydrogen-bond acceptors (Lipinski definition) is 6. The highest BCUT2D eigenvalue weighted by molar-refractivity contribution is 6.10. The van der Waals surface area contributed by atoms with Gasteiger partial charge in [-0.2, -0.15) is 0 Å². The van der Waals surface area contributed by atoms with Crippen LogP contribution >= 0.6 is 0 Å². The van der Waals surface area contributed by atoms with Crippen LogP contribution in [0, 0.1) is 0 Å². The van der Waals surface area contributed by atoms with Crippen LogP contribution in [0.3, 0.4) is 0 Å². The van der Waals surface area contributed by atoms with Gasteiger partial charge >= 0.3 is 0 Å². The number of nitrogen functional groups attached to an aromatic ring is 1. The van der Waals surface area contributed by atoms with Gasteiger partial charge in [-0.1, -0.05) is 23.4 Å². The molecule has 0 atom stereocenters. The summed E-state index contributed by atoms with van der Waals surface area (Å²) in [6, 6.07) is 9.85. The summed E-state index contributed by atoms with van der Waals surface area (Å²) in [5.74, 6) is 1.11. The first-order valence-electron chi connectivity index (χ1n) is 9.21. The first kappa shape index (κ1) is 15.4. The van der Waals surface area contributed by atoms with E-state index in [9.17, 15) is 4.79 Å². The van der Waals surface area contributed by atoms with Gasteiger partial charge in [0.2, 0.25) is 0 Å². The molecular weight excluding hydrogens is 356 g/mol. The monoisotopic (exact) mass is 372 g/mol. The molecule has 8 nitrogen and oxygen atoms in total. The molecule has 1 saturated carbocycles. The smallest absolute Gasteiger partial charge is 0.257 e. The van der Waals surface area contributed by atoms with Crippen LogP contribution in [0.2, 0.25) is 0 Å². The average Bonchev–Trinajstić information content (AvgIpc) is 3.40. The van der Waals surface area contributed by atoms with E-state index in [1.807, 2.05) is 34.9 Å². The Balaban J connectivity index is 1.75. The first-order chi connectivity index (χ1) is 13.7. The lowest BCUT2D eigenvalue weighted by Gasteiger charge is -2.10. The molecule has 4 heterocycles. The number of fused-ring (bicyclic) bond motifs is 5. The highest BCUT2D eigenvalue weighted by Crippen LogP contribution is 2.47. The van der Waals surface area contributed by atoms with Crippen molar-refractivity contribution in [2.45, 2.75) is 25.3 Å². The average molecular weight is 372 g/mol. The van der Waals surface area contributed by atoms with Gasteiger partial charge in [0.15, 0.2) is 11.4 Å². The topological polar surface area (TPSA) is 112 Å². The van der Waals surface area contributed by atoms with Crippen molar-refractivity contribution in [2.24, 2.45) is 0 Å². The van der Waals surface area contributed by atoms with Crippen LogP contribution in [-0.2, 0) is 6.54 Å². The molecule has 8 heteroatoms. The van der Waals surface area contributed by atoms with E-state index >= 15 is 0 Å². The van der Waals surface area contributed by atoms with Crippen molar-refractivity contribution < 1.29 is 9.32 Å². The second-order valence-electron chi connectivity index (χ2n) is 7.18. The van der Waals surface area contributed by atoms with Crippen LogP contribution in [0.25, 0.3) is 28.0 Å². The molecule has 0 saturated heterocycles. The third-order valence-corrected chi connectivity index (χ3v) is 5.44. The van der Waals surface area contributed by atoms with E-state index in [0.29, 0.717) is 40.4 Å². The lowest BCUT2D eigenvalue weighted by atomic mass is 10.0. The molecule has 0 spiro atoms. The Morgan fingerprint density at radius 3 is 2.75 bits per heavy atom. The number of rotatable bonds is 2. The third-order valence-electron chi connectivity index (χ3n) is 5.44. The van der Waals surface area contributed by atoms with E-state index in [1.165, 1.54) is 6.33 Å². The summed E-state index contributed by atoms with van der Waals surface area (Å²) in [5.41, 5.74) is 10.5. The van der Waals surface area contributed by atoms with Gasteiger partial charge in [0.05, 0.1) is 17.6 Å². The molecule has 6 rings (SSSR count). The zero-order chi connectivity index (χ0) is 18.8. The van der Waals surface area contributed by atoms with E-state index in [1.54, 1.807) is 0 Å². The second kappa shape index (κ2) is 5.41. The van der Waals surface area contributed by atoms with Gasteiger partial charge in [-0.3, -0.25) is 9.36 Å². The molecule has 1 amide bonds. The highest BCUT2D eigenvalue weighted by atomic mass is 16.5. The maximum Gasteiger partial charge on any atom is 0.257 e. The molecule has 0 unspecified atom stereocenters. The molecule has 1 aliphatic heterocycles. The Morgan fingerprint density at radius 1 is 1.14 bits per heavy atom. The van der Waals surface area contributed by atoms with Gasteiger partial charge in [-0.05, 0) is 25.0 Å². The number of hydrogen-bond donors (Lipinski definition) is 2. The Morgan fingerprint density at radius 2 is 1.96 bits per heavy atom. The van der Waals surface area contributed by atoms with E-state index < -0.39 is 0 Å². The summed E-state index contributed by atoms with van der Waals surface area (Å²) in [6.07, 6.45) is 3.48. The molecule has 28 heavy (non-hydrogen) atoms. The van der Waals surface area contributed by atoms with Gasteiger partial charge in [0.25, 0.3) is 5.91 Å². The minimum Gasteiger partial charge on any atom is -0.383 e. The van der Waals surface area contributed by atoms with Crippen molar-refractivity contribution in [3.8, 4) is 16.9 Å². The number of amides is 1. The quantitative estimate of drug-likeness (QED) is 0.560. The Labute approximate surface area is 159 Å². The molecule has 3 aromatic heterocycles. The number of benzene rings is 1. The van der Waals surface area contributed by atoms with Crippen LogP contribution in [0.4, 0.5) is 5.82 Å². The van der Waals surface area contributed by atoms with Gasteiger partial charge in [0, 0.05) is 17.2 Å². The minimum atomic E-state index is -0.169. The molecule has 1 aromatic carbocycles. The van der Waals surface area contributed by atoms with Crippen LogP contribution < -0.4 is 11.1 Å². The van der Waals surface area contributed by atoms with Crippen molar-refractivity contribution in [2.75, 3.05) is 5.73 Å². The van der Waals surface area contributed by atoms with Crippen LogP contribution in [0.5, 0.6) is 0 Å². The van der Waals surface area contributed by atoms with E-state index in [0.717, 1.165) is 29.8 Å². The standard InChI is InChI=1S/C20H16N6O2/c21-18-14-13-12(26(19(14)24-9-23-18)11-4-2-1-3-5-11)8-22-20(27)15-16(13)25-28-17(15)10-6-7-10/h1-5,9-10H,6-8H2,(H,22,27)(H2,21,23,24). The maximum absolute atomic E-state index is 12.9. The summed E-state index contributed by atoms with van der Waals surface area (Å²) in [7, 11) is 0. The largest absolute Gasteiger partial charge is 0.383 e. The summed E-state index contributed by atoms with van der Waals surface area (Å²) >= 11 is 0. The zero-order valence-electron chi connectivity index (χ0n) is 14.8. The number of nitrogens with one attached hydrogen (secondary N) is 1.